The molecule has 0 saturated carbocycles. The minimum atomic E-state index is -0.627. The number of para-hydroxylation sites is 1. The smallest absolute Gasteiger partial charge is 0.340 e. The van der Waals surface area contributed by atoms with E-state index in [1.54, 1.807) is 24.3 Å². The van der Waals surface area contributed by atoms with Crippen molar-refractivity contribution in [3.05, 3.63) is 72.6 Å². The number of rotatable bonds is 4. The van der Waals surface area contributed by atoms with E-state index >= 15 is 0 Å². The third-order valence-corrected chi connectivity index (χ3v) is 3.98. The molecule has 3 aromatic carbocycles. The molecule has 128 valence electrons. The van der Waals surface area contributed by atoms with Gasteiger partial charge in [0.15, 0.2) is 18.6 Å². The van der Waals surface area contributed by atoms with Gasteiger partial charge in [-0.3, -0.25) is 4.79 Å². The van der Waals surface area contributed by atoms with Crippen LogP contribution in [-0.2, 0) is 9.53 Å². The van der Waals surface area contributed by atoms with E-state index in [0.29, 0.717) is 16.8 Å². The molecule has 0 saturated heterocycles. The predicted octanol–water partition coefficient (Wildman–Crippen LogP) is 3.78. The summed E-state index contributed by atoms with van der Waals surface area (Å²) in [6, 6.07) is 18.3. The lowest BCUT2D eigenvalue weighted by Crippen LogP contribution is -2.21. The van der Waals surface area contributed by atoms with Crippen molar-refractivity contribution in [3.63, 3.8) is 0 Å². The number of anilines is 1. The summed E-state index contributed by atoms with van der Waals surface area (Å²) in [6.45, 7) is -0.393. The van der Waals surface area contributed by atoms with E-state index in [0.717, 1.165) is 10.8 Å². The summed E-state index contributed by atoms with van der Waals surface area (Å²) >= 11 is 0. The minimum absolute atomic E-state index is 0.259. The summed E-state index contributed by atoms with van der Waals surface area (Å²) in [6.07, 6.45) is 1.26. The molecule has 0 spiro atoms. The van der Waals surface area contributed by atoms with Crippen LogP contribution in [0.25, 0.3) is 21.9 Å². The van der Waals surface area contributed by atoms with Crippen molar-refractivity contribution in [2.45, 2.75) is 0 Å². The number of fused-ring (bicyclic) bond motifs is 2. The summed E-state index contributed by atoms with van der Waals surface area (Å²) in [5.41, 5.74) is 1.82. The molecule has 1 aromatic heterocycles. The number of hydrogen-bond donors (Lipinski definition) is 1. The van der Waals surface area contributed by atoms with Gasteiger partial charge in [-0.25, -0.2) is 9.78 Å². The number of oxazole rings is 1. The average Bonchev–Trinajstić information content (AvgIpc) is 3.15. The summed E-state index contributed by atoms with van der Waals surface area (Å²) in [7, 11) is 0. The summed E-state index contributed by atoms with van der Waals surface area (Å²) in [5.74, 6) is -1.04. The largest absolute Gasteiger partial charge is 0.452 e. The highest BCUT2D eigenvalue weighted by Crippen LogP contribution is 2.23. The topological polar surface area (TPSA) is 81.4 Å². The number of carbonyl (C=O) groups excluding carboxylic acids is 2. The maximum Gasteiger partial charge on any atom is 0.340 e. The summed E-state index contributed by atoms with van der Waals surface area (Å²) < 4.78 is 10.3. The average molecular weight is 346 g/mol. The van der Waals surface area contributed by atoms with Gasteiger partial charge in [-0.2, -0.15) is 0 Å². The lowest BCUT2D eigenvalue weighted by Gasteiger charge is -2.09. The lowest BCUT2D eigenvalue weighted by molar-refractivity contribution is -0.119. The minimum Gasteiger partial charge on any atom is -0.452 e. The number of aromatic nitrogens is 1. The quantitative estimate of drug-likeness (QED) is 0.569. The first-order valence-electron chi connectivity index (χ1n) is 7.99. The first-order chi connectivity index (χ1) is 12.7. The molecule has 1 amide bonds. The molecule has 0 atom stereocenters. The molecule has 4 aromatic rings. The second kappa shape index (κ2) is 6.68. The van der Waals surface area contributed by atoms with Crippen molar-refractivity contribution < 1.29 is 18.7 Å². The van der Waals surface area contributed by atoms with Crippen LogP contribution in [0, 0.1) is 0 Å². The number of carbonyl (C=O) groups is 2. The van der Waals surface area contributed by atoms with Crippen LogP contribution in [0.3, 0.4) is 0 Å². The van der Waals surface area contributed by atoms with Gasteiger partial charge in [-0.15, -0.1) is 0 Å². The van der Waals surface area contributed by atoms with Gasteiger partial charge in [0.2, 0.25) is 0 Å². The van der Waals surface area contributed by atoms with Crippen molar-refractivity contribution in [3.8, 4) is 0 Å². The second-order valence-corrected chi connectivity index (χ2v) is 5.66. The Labute approximate surface area is 148 Å². The molecular formula is C20H14N2O4. The van der Waals surface area contributed by atoms with Crippen LogP contribution in [0.2, 0.25) is 0 Å². The molecule has 1 heterocycles. The molecule has 0 aliphatic heterocycles. The molecule has 0 radical (unpaired) electrons. The molecule has 0 aliphatic rings. The van der Waals surface area contributed by atoms with E-state index in [-0.39, 0.29) is 5.56 Å². The monoisotopic (exact) mass is 346 g/mol. The van der Waals surface area contributed by atoms with Gasteiger partial charge in [-0.05, 0) is 23.6 Å². The van der Waals surface area contributed by atoms with Crippen LogP contribution in [0.15, 0.2) is 71.5 Å². The molecular weight excluding hydrogens is 332 g/mol. The molecule has 26 heavy (non-hydrogen) atoms. The fraction of sp³-hybridized carbons (Fsp3) is 0.0500. The number of hydrogen-bond acceptors (Lipinski definition) is 5. The zero-order chi connectivity index (χ0) is 17.9. The number of amides is 1. The van der Waals surface area contributed by atoms with Crippen LogP contribution in [0.4, 0.5) is 5.69 Å². The van der Waals surface area contributed by atoms with Crippen LogP contribution in [0.1, 0.15) is 10.4 Å². The fourth-order valence-electron chi connectivity index (χ4n) is 2.78. The molecule has 0 aliphatic carbocycles. The Hall–Kier alpha value is -3.67. The highest BCUT2D eigenvalue weighted by Gasteiger charge is 2.16. The van der Waals surface area contributed by atoms with Gasteiger partial charge in [-0.1, -0.05) is 42.5 Å². The first kappa shape index (κ1) is 15.8. The Bertz CT molecular complexity index is 1110. The molecule has 0 fully saturated rings. The highest BCUT2D eigenvalue weighted by atomic mass is 16.5. The van der Waals surface area contributed by atoms with E-state index in [9.17, 15) is 9.59 Å². The maximum atomic E-state index is 12.2. The third kappa shape index (κ3) is 3.00. The fourth-order valence-corrected chi connectivity index (χ4v) is 2.78. The predicted molar refractivity (Wildman–Crippen MR) is 96.9 cm³/mol. The van der Waals surface area contributed by atoms with Crippen LogP contribution in [0.5, 0.6) is 0 Å². The van der Waals surface area contributed by atoms with Gasteiger partial charge >= 0.3 is 5.97 Å². The van der Waals surface area contributed by atoms with Gasteiger partial charge in [0.1, 0.15) is 5.52 Å². The van der Waals surface area contributed by atoms with Gasteiger partial charge in [0, 0.05) is 11.1 Å². The Morgan fingerprint density at radius 2 is 1.81 bits per heavy atom. The molecule has 4 rings (SSSR count). The number of ether oxygens (including phenoxy) is 1. The van der Waals surface area contributed by atoms with Crippen LogP contribution < -0.4 is 5.32 Å². The molecule has 1 N–H and O–H groups in total. The van der Waals surface area contributed by atoms with Crippen molar-refractivity contribution in [1.29, 1.82) is 0 Å². The van der Waals surface area contributed by atoms with Crippen molar-refractivity contribution >= 4 is 39.4 Å². The van der Waals surface area contributed by atoms with E-state index in [1.807, 2.05) is 36.4 Å². The van der Waals surface area contributed by atoms with Crippen molar-refractivity contribution in [2.75, 3.05) is 11.9 Å². The SMILES string of the molecule is O=C(COC(=O)c1cccc2ocnc12)Nc1cccc2ccccc12. The summed E-state index contributed by atoms with van der Waals surface area (Å²) in [4.78, 5) is 28.4. The molecule has 6 heteroatoms. The van der Waals surface area contributed by atoms with E-state index in [1.165, 1.54) is 6.39 Å². The van der Waals surface area contributed by atoms with Crippen LogP contribution >= 0.6 is 0 Å². The van der Waals surface area contributed by atoms with Crippen molar-refractivity contribution in [2.24, 2.45) is 0 Å². The Morgan fingerprint density at radius 3 is 2.73 bits per heavy atom. The number of esters is 1. The van der Waals surface area contributed by atoms with Gasteiger partial charge < -0.3 is 14.5 Å². The number of benzene rings is 3. The second-order valence-electron chi connectivity index (χ2n) is 5.66. The first-order valence-corrected chi connectivity index (χ1v) is 7.99. The van der Waals surface area contributed by atoms with E-state index in [2.05, 4.69) is 10.3 Å². The maximum absolute atomic E-state index is 12.2. The number of nitrogens with one attached hydrogen (secondary N) is 1. The molecule has 0 bridgehead atoms. The van der Waals surface area contributed by atoms with E-state index < -0.39 is 18.5 Å². The van der Waals surface area contributed by atoms with Gasteiger partial charge in [0.25, 0.3) is 5.91 Å². The van der Waals surface area contributed by atoms with E-state index in [4.69, 9.17) is 9.15 Å². The molecule has 0 unspecified atom stereocenters. The van der Waals surface area contributed by atoms with Crippen LogP contribution in [-0.4, -0.2) is 23.5 Å². The zero-order valence-electron chi connectivity index (χ0n) is 13.6. The van der Waals surface area contributed by atoms with Gasteiger partial charge in [0.05, 0.1) is 5.56 Å². The molecule has 6 nitrogen and oxygen atoms in total. The highest BCUT2D eigenvalue weighted by molar-refractivity contribution is 6.05. The third-order valence-electron chi connectivity index (χ3n) is 3.98. The summed E-state index contributed by atoms with van der Waals surface area (Å²) in [5, 5.41) is 4.71. The normalized spacial score (nSPS) is 10.8. The standard InChI is InChI=1S/C20H14N2O4/c23-18(22-16-9-3-6-13-5-1-2-7-14(13)16)11-25-20(24)15-8-4-10-17-19(15)21-12-26-17/h1-10,12H,11H2,(H,22,23). The Balaban J connectivity index is 1.45. The zero-order valence-corrected chi connectivity index (χ0v) is 13.6. The Kier molecular flexibility index (Phi) is 4.07. The lowest BCUT2D eigenvalue weighted by atomic mass is 10.1. The Morgan fingerprint density at radius 1 is 1.00 bits per heavy atom. The number of nitrogens with zero attached hydrogens (tertiary/aromatic N) is 1. The van der Waals surface area contributed by atoms with Crippen molar-refractivity contribution in [1.82, 2.24) is 4.98 Å².